The summed E-state index contributed by atoms with van der Waals surface area (Å²) < 4.78 is 10.4. The molecule has 1 aromatic carbocycles. The van der Waals surface area contributed by atoms with Crippen LogP contribution in [0.1, 0.15) is 0 Å². The Balaban J connectivity index is 2.73. The molecular weight excluding hydrogens is 255 g/mol. The molecule has 13 heavy (non-hydrogen) atoms. The summed E-state index contributed by atoms with van der Waals surface area (Å²) >= 11 is 9.19. The van der Waals surface area contributed by atoms with Crippen LogP contribution in [0.15, 0.2) is 18.2 Å². The third-order valence-electron chi connectivity index (χ3n) is 1.47. The van der Waals surface area contributed by atoms with Crippen LogP contribution < -0.4 is 9.47 Å². The van der Waals surface area contributed by atoms with E-state index in [9.17, 15) is 0 Å². The first-order chi connectivity index (χ1) is 6.27. The monoisotopic (exact) mass is 264 g/mol. The van der Waals surface area contributed by atoms with Crippen LogP contribution in [0.3, 0.4) is 0 Å². The molecule has 0 N–H and O–H groups in total. The Bertz CT molecular complexity index is 278. The smallest absolute Gasteiger partial charge is 0.138 e. The summed E-state index contributed by atoms with van der Waals surface area (Å²) in [6, 6.07) is 5.34. The molecule has 1 aromatic rings. The second-order valence-corrected chi connectivity index (χ2v) is 3.53. The van der Waals surface area contributed by atoms with Crippen molar-refractivity contribution in [2.75, 3.05) is 19.0 Å². The zero-order valence-electron chi connectivity index (χ0n) is 7.22. The van der Waals surface area contributed by atoms with E-state index in [1.807, 2.05) is 6.07 Å². The molecule has 0 aliphatic carbocycles. The third kappa shape index (κ3) is 3.08. The Morgan fingerprint density at radius 3 is 2.77 bits per heavy atom. The molecule has 0 heterocycles. The maximum atomic E-state index is 5.92. The number of benzene rings is 1. The summed E-state index contributed by atoms with van der Waals surface area (Å²) in [6.07, 6.45) is 0. The van der Waals surface area contributed by atoms with E-state index in [4.69, 9.17) is 21.1 Å². The molecule has 0 fully saturated rings. The molecule has 0 saturated carbocycles. The molecule has 0 unspecified atom stereocenters. The fourth-order valence-corrected chi connectivity index (χ4v) is 1.26. The van der Waals surface area contributed by atoms with Crippen molar-refractivity contribution >= 4 is 27.5 Å². The Labute approximate surface area is 90.9 Å². The maximum Gasteiger partial charge on any atom is 0.138 e. The van der Waals surface area contributed by atoms with Crippen molar-refractivity contribution in [1.82, 2.24) is 0 Å². The Morgan fingerprint density at radius 1 is 1.46 bits per heavy atom. The van der Waals surface area contributed by atoms with Crippen molar-refractivity contribution < 1.29 is 9.47 Å². The fraction of sp³-hybridized carbons (Fsp3) is 0.333. The minimum absolute atomic E-state index is 0.570. The lowest BCUT2D eigenvalue weighted by atomic mass is 10.3. The molecule has 72 valence electrons. The number of ether oxygens (including phenoxy) is 2. The van der Waals surface area contributed by atoms with Gasteiger partial charge >= 0.3 is 0 Å². The summed E-state index contributed by atoms with van der Waals surface area (Å²) in [5.41, 5.74) is 0. The quantitative estimate of drug-likeness (QED) is 0.779. The maximum absolute atomic E-state index is 5.92. The predicted octanol–water partition coefficient (Wildman–Crippen LogP) is 3.12. The first kappa shape index (κ1) is 10.7. The van der Waals surface area contributed by atoms with Crippen LogP contribution in [-0.2, 0) is 0 Å². The van der Waals surface area contributed by atoms with E-state index in [0.717, 1.165) is 11.1 Å². The topological polar surface area (TPSA) is 18.5 Å². The van der Waals surface area contributed by atoms with E-state index < -0.39 is 0 Å². The predicted molar refractivity (Wildman–Crippen MR) is 57.3 cm³/mol. The number of methoxy groups -OCH3 is 1. The van der Waals surface area contributed by atoms with Crippen LogP contribution >= 0.6 is 27.5 Å². The summed E-state index contributed by atoms with van der Waals surface area (Å²) in [5, 5.41) is 1.36. The molecule has 0 aromatic heterocycles. The van der Waals surface area contributed by atoms with Crippen LogP contribution in [0.4, 0.5) is 0 Å². The highest BCUT2D eigenvalue weighted by Crippen LogP contribution is 2.28. The van der Waals surface area contributed by atoms with Crippen molar-refractivity contribution in [3.63, 3.8) is 0 Å². The van der Waals surface area contributed by atoms with Gasteiger partial charge in [0.1, 0.15) is 11.5 Å². The van der Waals surface area contributed by atoms with E-state index in [2.05, 4.69) is 15.9 Å². The van der Waals surface area contributed by atoms with Gasteiger partial charge in [0.05, 0.1) is 18.7 Å². The van der Waals surface area contributed by atoms with E-state index in [-0.39, 0.29) is 0 Å². The van der Waals surface area contributed by atoms with Gasteiger partial charge in [0.15, 0.2) is 0 Å². The zero-order valence-corrected chi connectivity index (χ0v) is 9.56. The van der Waals surface area contributed by atoms with Gasteiger partial charge in [0, 0.05) is 11.4 Å². The molecule has 0 saturated heterocycles. The lowest BCUT2D eigenvalue weighted by Crippen LogP contribution is -1.98. The first-order valence-corrected chi connectivity index (χ1v) is 5.30. The van der Waals surface area contributed by atoms with Crippen molar-refractivity contribution in [2.24, 2.45) is 0 Å². The molecule has 0 aliphatic heterocycles. The summed E-state index contributed by atoms with van der Waals surface area (Å²) in [6.45, 7) is 0.603. The average molecular weight is 266 g/mol. The largest absolute Gasteiger partial charge is 0.497 e. The molecule has 0 aliphatic rings. The van der Waals surface area contributed by atoms with Crippen LogP contribution in [0.5, 0.6) is 11.5 Å². The van der Waals surface area contributed by atoms with Crippen molar-refractivity contribution in [1.29, 1.82) is 0 Å². The van der Waals surface area contributed by atoms with Gasteiger partial charge in [-0.05, 0) is 12.1 Å². The van der Waals surface area contributed by atoms with Crippen LogP contribution in [0.2, 0.25) is 5.02 Å². The summed E-state index contributed by atoms with van der Waals surface area (Å²) in [4.78, 5) is 0. The fourth-order valence-electron chi connectivity index (χ4n) is 0.874. The second-order valence-electron chi connectivity index (χ2n) is 2.33. The highest BCUT2D eigenvalue weighted by atomic mass is 79.9. The van der Waals surface area contributed by atoms with Crippen molar-refractivity contribution in [3.8, 4) is 11.5 Å². The van der Waals surface area contributed by atoms with Crippen LogP contribution in [0.25, 0.3) is 0 Å². The lowest BCUT2D eigenvalue weighted by Gasteiger charge is -2.07. The lowest BCUT2D eigenvalue weighted by molar-refractivity contribution is 0.344. The van der Waals surface area contributed by atoms with Gasteiger partial charge in [0.25, 0.3) is 0 Å². The molecule has 0 spiro atoms. The molecule has 1 rings (SSSR count). The van der Waals surface area contributed by atoms with E-state index in [1.54, 1.807) is 19.2 Å². The van der Waals surface area contributed by atoms with Gasteiger partial charge in [0.2, 0.25) is 0 Å². The highest BCUT2D eigenvalue weighted by molar-refractivity contribution is 9.09. The van der Waals surface area contributed by atoms with Crippen molar-refractivity contribution in [3.05, 3.63) is 23.2 Å². The van der Waals surface area contributed by atoms with Gasteiger partial charge in [-0.25, -0.2) is 0 Å². The summed E-state index contributed by atoms with van der Waals surface area (Å²) in [5.74, 6) is 1.41. The molecule has 0 bridgehead atoms. The van der Waals surface area contributed by atoms with E-state index in [1.165, 1.54) is 0 Å². The number of alkyl halides is 1. The molecule has 0 amide bonds. The van der Waals surface area contributed by atoms with E-state index in [0.29, 0.717) is 17.4 Å². The molecule has 2 nitrogen and oxygen atoms in total. The molecular formula is C9H10BrClO2. The standard InChI is InChI=1S/C9H10BrClO2/c1-12-7-2-3-9(8(11)6-7)13-5-4-10/h2-3,6H,4-5H2,1H3. The molecule has 0 radical (unpaired) electrons. The van der Waals surface area contributed by atoms with Gasteiger partial charge in [-0.2, -0.15) is 0 Å². The molecule has 0 atom stereocenters. The highest BCUT2D eigenvalue weighted by Gasteiger charge is 2.02. The first-order valence-electron chi connectivity index (χ1n) is 3.80. The number of rotatable bonds is 4. The normalized spacial score (nSPS) is 9.77. The number of hydrogen-bond acceptors (Lipinski definition) is 2. The van der Waals surface area contributed by atoms with Crippen molar-refractivity contribution in [2.45, 2.75) is 0 Å². The average Bonchev–Trinajstić information content (AvgIpc) is 2.16. The third-order valence-corrected chi connectivity index (χ3v) is 2.09. The SMILES string of the molecule is COc1ccc(OCCBr)c(Cl)c1. The Kier molecular flexibility index (Phi) is 4.39. The van der Waals surface area contributed by atoms with Gasteiger partial charge < -0.3 is 9.47 Å². The van der Waals surface area contributed by atoms with Gasteiger partial charge in [-0.3, -0.25) is 0 Å². The number of hydrogen-bond donors (Lipinski definition) is 0. The van der Waals surface area contributed by atoms with Gasteiger partial charge in [-0.1, -0.05) is 27.5 Å². The Morgan fingerprint density at radius 2 is 2.23 bits per heavy atom. The second kappa shape index (κ2) is 5.35. The Hall–Kier alpha value is -0.410. The van der Waals surface area contributed by atoms with E-state index >= 15 is 0 Å². The zero-order chi connectivity index (χ0) is 9.68. The van der Waals surface area contributed by atoms with Gasteiger partial charge in [-0.15, -0.1) is 0 Å². The minimum Gasteiger partial charge on any atom is -0.497 e. The summed E-state index contributed by atoms with van der Waals surface area (Å²) in [7, 11) is 1.60. The van der Waals surface area contributed by atoms with Crippen LogP contribution in [-0.4, -0.2) is 19.0 Å². The number of halogens is 2. The minimum atomic E-state index is 0.570. The van der Waals surface area contributed by atoms with Crippen LogP contribution in [0, 0.1) is 0 Å². The molecule has 4 heteroatoms.